The van der Waals surface area contributed by atoms with Gasteiger partial charge in [0.15, 0.2) is 0 Å². The molecule has 0 spiro atoms. The minimum Gasteiger partial charge on any atom is -0.378 e. The first-order valence-electron chi connectivity index (χ1n) is 6.72. The quantitative estimate of drug-likeness (QED) is 0.487. The molecule has 104 valence electrons. The Bertz CT molecular complexity index is 327. The Hall–Kier alpha value is -0.120. The second-order valence-corrected chi connectivity index (χ2v) is 6.34. The van der Waals surface area contributed by atoms with Crippen molar-refractivity contribution in [3.63, 3.8) is 0 Å². The summed E-state index contributed by atoms with van der Waals surface area (Å²) in [6, 6.07) is 0. The molecule has 0 aromatic carbocycles. The lowest BCUT2D eigenvalue weighted by Crippen LogP contribution is -2.12. The third kappa shape index (κ3) is 6.72. The molecular formula is C14H24ClNOS. The summed E-state index contributed by atoms with van der Waals surface area (Å²) in [4.78, 5) is 4.45. The van der Waals surface area contributed by atoms with Crippen LogP contribution in [0.25, 0.3) is 0 Å². The highest BCUT2D eigenvalue weighted by atomic mass is 35.5. The first-order valence-corrected chi connectivity index (χ1v) is 8.14. The van der Waals surface area contributed by atoms with Gasteiger partial charge in [-0.15, -0.1) is 22.9 Å². The summed E-state index contributed by atoms with van der Waals surface area (Å²) in [6.07, 6.45) is 4.82. The fraction of sp³-hybridized carbons (Fsp3) is 0.786. The molecule has 0 amide bonds. The maximum absolute atomic E-state index is 5.78. The molecule has 2 nitrogen and oxygen atoms in total. The number of aryl methyl sites for hydroxylation is 1. The highest BCUT2D eigenvalue weighted by Crippen LogP contribution is 2.14. The minimum atomic E-state index is 0.382. The molecule has 0 N–H and O–H groups in total. The number of alkyl halides is 1. The van der Waals surface area contributed by atoms with E-state index in [2.05, 4.69) is 25.8 Å². The minimum absolute atomic E-state index is 0.382. The van der Waals surface area contributed by atoms with Crippen molar-refractivity contribution >= 4 is 22.9 Å². The summed E-state index contributed by atoms with van der Waals surface area (Å²) in [6.45, 7) is 7.49. The van der Waals surface area contributed by atoms with E-state index in [0.717, 1.165) is 38.0 Å². The van der Waals surface area contributed by atoms with Crippen LogP contribution < -0.4 is 0 Å². The van der Waals surface area contributed by atoms with Crippen molar-refractivity contribution in [3.05, 3.63) is 16.1 Å². The smallest absolute Gasteiger partial charge is 0.0928 e. The van der Waals surface area contributed by atoms with Gasteiger partial charge in [-0.2, -0.15) is 0 Å². The molecule has 0 aliphatic carbocycles. The van der Waals surface area contributed by atoms with Crippen LogP contribution in [0.4, 0.5) is 0 Å². The molecule has 1 aromatic rings. The highest BCUT2D eigenvalue weighted by molar-refractivity contribution is 7.09. The van der Waals surface area contributed by atoms with Crippen molar-refractivity contribution in [2.45, 2.75) is 58.4 Å². The zero-order valence-corrected chi connectivity index (χ0v) is 13.2. The average Bonchev–Trinajstić information content (AvgIpc) is 2.75. The number of thiazole rings is 1. The normalized spacial score (nSPS) is 13.2. The zero-order chi connectivity index (χ0) is 13.4. The maximum Gasteiger partial charge on any atom is 0.0928 e. The number of rotatable bonds is 9. The van der Waals surface area contributed by atoms with Crippen LogP contribution >= 0.6 is 22.9 Å². The SMILES string of the molecule is CC(C)CC(C)OCCCCc1nc(CCl)cs1. The van der Waals surface area contributed by atoms with Gasteiger partial charge in [0.1, 0.15) is 0 Å². The number of ether oxygens (including phenoxy) is 1. The van der Waals surface area contributed by atoms with Crippen molar-refractivity contribution in [1.82, 2.24) is 4.98 Å². The van der Waals surface area contributed by atoms with E-state index in [1.807, 2.05) is 5.38 Å². The van der Waals surface area contributed by atoms with E-state index in [1.165, 1.54) is 5.01 Å². The van der Waals surface area contributed by atoms with Crippen molar-refractivity contribution < 1.29 is 4.74 Å². The molecule has 0 saturated carbocycles. The average molecular weight is 290 g/mol. The second-order valence-electron chi connectivity index (χ2n) is 5.13. The summed E-state index contributed by atoms with van der Waals surface area (Å²) in [5.74, 6) is 1.23. The third-order valence-corrected chi connectivity index (χ3v) is 3.96. The first-order chi connectivity index (χ1) is 8.61. The van der Waals surface area contributed by atoms with E-state index in [0.29, 0.717) is 17.9 Å². The van der Waals surface area contributed by atoms with E-state index in [4.69, 9.17) is 16.3 Å². The zero-order valence-electron chi connectivity index (χ0n) is 11.6. The van der Waals surface area contributed by atoms with Crippen LogP contribution in [0.15, 0.2) is 5.38 Å². The number of hydrogen-bond donors (Lipinski definition) is 0. The van der Waals surface area contributed by atoms with Crippen molar-refractivity contribution in [1.29, 1.82) is 0 Å². The number of nitrogens with zero attached hydrogens (tertiary/aromatic N) is 1. The summed E-state index contributed by atoms with van der Waals surface area (Å²) in [5, 5.41) is 3.24. The van der Waals surface area contributed by atoms with Crippen molar-refractivity contribution in [3.8, 4) is 0 Å². The lowest BCUT2D eigenvalue weighted by molar-refractivity contribution is 0.0497. The van der Waals surface area contributed by atoms with Crippen molar-refractivity contribution in [2.75, 3.05) is 6.61 Å². The van der Waals surface area contributed by atoms with Gasteiger partial charge in [-0.25, -0.2) is 4.98 Å². The number of halogens is 1. The maximum atomic E-state index is 5.78. The molecule has 1 aromatic heterocycles. The monoisotopic (exact) mass is 289 g/mol. The van der Waals surface area contributed by atoms with Gasteiger partial charge >= 0.3 is 0 Å². The largest absolute Gasteiger partial charge is 0.378 e. The Balaban J connectivity index is 2.04. The van der Waals surface area contributed by atoms with Crippen LogP contribution in [0, 0.1) is 5.92 Å². The lowest BCUT2D eigenvalue weighted by Gasteiger charge is -2.14. The van der Waals surface area contributed by atoms with Gasteiger partial charge in [0.05, 0.1) is 22.7 Å². The highest BCUT2D eigenvalue weighted by Gasteiger charge is 2.05. The number of unbranched alkanes of at least 4 members (excludes halogenated alkanes) is 1. The van der Waals surface area contributed by atoms with Gasteiger partial charge in [-0.3, -0.25) is 0 Å². The van der Waals surface area contributed by atoms with E-state index < -0.39 is 0 Å². The Morgan fingerprint density at radius 2 is 2.11 bits per heavy atom. The Morgan fingerprint density at radius 3 is 2.72 bits per heavy atom. The van der Waals surface area contributed by atoms with E-state index in [-0.39, 0.29) is 0 Å². The topological polar surface area (TPSA) is 22.1 Å². The number of aromatic nitrogens is 1. The standard InChI is InChI=1S/C14H24ClNOS/c1-11(2)8-12(3)17-7-5-4-6-14-16-13(9-15)10-18-14/h10-12H,4-9H2,1-3H3. The molecule has 0 radical (unpaired) electrons. The fourth-order valence-corrected chi connectivity index (χ4v) is 2.99. The van der Waals surface area contributed by atoms with Gasteiger partial charge in [0.25, 0.3) is 0 Å². The Morgan fingerprint density at radius 1 is 1.33 bits per heavy atom. The second kappa shape index (κ2) is 8.89. The molecule has 4 heteroatoms. The predicted molar refractivity (Wildman–Crippen MR) is 79.5 cm³/mol. The summed E-state index contributed by atoms with van der Waals surface area (Å²) < 4.78 is 5.78. The van der Waals surface area contributed by atoms with Crippen LogP contribution in [0.2, 0.25) is 0 Å². The lowest BCUT2D eigenvalue weighted by atomic mass is 10.1. The van der Waals surface area contributed by atoms with E-state index in [1.54, 1.807) is 11.3 Å². The molecule has 0 aliphatic rings. The van der Waals surface area contributed by atoms with Gasteiger partial charge in [0, 0.05) is 12.0 Å². The number of hydrogen-bond acceptors (Lipinski definition) is 3. The Labute approximate surface area is 120 Å². The third-order valence-electron chi connectivity index (χ3n) is 2.73. The van der Waals surface area contributed by atoms with Crippen LogP contribution in [0.1, 0.15) is 50.7 Å². The molecular weight excluding hydrogens is 266 g/mol. The first kappa shape index (κ1) is 15.9. The fourth-order valence-electron chi connectivity index (χ4n) is 1.92. The molecule has 1 atom stereocenters. The van der Waals surface area contributed by atoms with Crippen LogP contribution in [-0.4, -0.2) is 17.7 Å². The molecule has 1 unspecified atom stereocenters. The summed E-state index contributed by atoms with van der Waals surface area (Å²) in [7, 11) is 0. The van der Waals surface area contributed by atoms with Crippen LogP contribution in [-0.2, 0) is 17.0 Å². The Kier molecular flexibility index (Phi) is 7.87. The van der Waals surface area contributed by atoms with Gasteiger partial charge in [-0.05, 0) is 38.5 Å². The van der Waals surface area contributed by atoms with Gasteiger partial charge < -0.3 is 4.74 Å². The van der Waals surface area contributed by atoms with Crippen LogP contribution in [0.5, 0.6) is 0 Å². The van der Waals surface area contributed by atoms with Gasteiger partial charge in [0.2, 0.25) is 0 Å². The molecule has 0 bridgehead atoms. The summed E-state index contributed by atoms with van der Waals surface area (Å²) in [5.41, 5.74) is 0.999. The van der Waals surface area contributed by atoms with Crippen molar-refractivity contribution in [2.24, 2.45) is 5.92 Å². The molecule has 18 heavy (non-hydrogen) atoms. The molecule has 1 rings (SSSR count). The summed E-state index contributed by atoms with van der Waals surface area (Å²) >= 11 is 7.43. The molecule has 0 aliphatic heterocycles. The van der Waals surface area contributed by atoms with E-state index >= 15 is 0 Å². The van der Waals surface area contributed by atoms with Crippen LogP contribution in [0.3, 0.4) is 0 Å². The predicted octanol–water partition coefficient (Wildman–Crippen LogP) is 4.66. The molecule has 0 saturated heterocycles. The molecule has 0 fully saturated rings. The van der Waals surface area contributed by atoms with E-state index in [9.17, 15) is 0 Å². The molecule has 1 heterocycles. The van der Waals surface area contributed by atoms with Gasteiger partial charge in [-0.1, -0.05) is 13.8 Å².